The van der Waals surface area contributed by atoms with E-state index in [2.05, 4.69) is 5.32 Å². The highest BCUT2D eigenvalue weighted by Crippen LogP contribution is 2.08. The molecule has 1 heterocycles. The van der Waals surface area contributed by atoms with Crippen LogP contribution in [0.4, 0.5) is 8.78 Å². The Bertz CT molecular complexity index is 506. The molecule has 2 nitrogen and oxygen atoms in total. The van der Waals surface area contributed by atoms with Crippen LogP contribution in [0.25, 0.3) is 0 Å². The molecule has 0 atom stereocenters. The molecular formula is C13H14F2N2. The summed E-state index contributed by atoms with van der Waals surface area (Å²) >= 11 is 0. The van der Waals surface area contributed by atoms with Crippen LogP contribution in [0.2, 0.25) is 0 Å². The average molecular weight is 236 g/mol. The van der Waals surface area contributed by atoms with E-state index in [1.807, 2.05) is 29.9 Å². The summed E-state index contributed by atoms with van der Waals surface area (Å²) in [5.74, 6) is -1.61. The van der Waals surface area contributed by atoms with Gasteiger partial charge in [-0.15, -0.1) is 0 Å². The number of aromatic nitrogens is 1. The van der Waals surface area contributed by atoms with Gasteiger partial charge in [0.15, 0.2) is 11.6 Å². The minimum absolute atomic E-state index is 0.516. The van der Waals surface area contributed by atoms with Crippen molar-refractivity contribution < 1.29 is 8.78 Å². The molecular weight excluding hydrogens is 222 g/mol. The van der Waals surface area contributed by atoms with Crippen molar-refractivity contribution in [3.05, 3.63) is 59.4 Å². The third-order valence-electron chi connectivity index (χ3n) is 2.67. The molecule has 0 bridgehead atoms. The van der Waals surface area contributed by atoms with Crippen molar-refractivity contribution in [2.75, 3.05) is 0 Å². The summed E-state index contributed by atoms with van der Waals surface area (Å²) in [6, 6.07) is 7.92. The van der Waals surface area contributed by atoms with Crippen molar-refractivity contribution in [1.29, 1.82) is 0 Å². The number of nitrogens with zero attached hydrogens (tertiary/aromatic N) is 1. The average Bonchev–Trinajstić information content (AvgIpc) is 2.70. The van der Waals surface area contributed by atoms with Crippen molar-refractivity contribution >= 4 is 0 Å². The molecule has 1 N–H and O–H groups in total. The van der Waals surface area contributed by atoms with Gasteiger partial charge in [-0.25, -0.2) is 8.78 Å². The maximum atomic E-state index is 12.9. The highest BCUT2D eigenvalue weighted by atomic mass is 19.2. The Morgan fingerprint density at radius 1 is 1.12 bits per heavy atom. The van der Waals surface area contributed by atoms with Gasteiger partial charge in [0.25, 0.3) is 0 Å². The number of rotatable bonds is 4. The molecule has 1 aromatic heterocycles. The molecule has 0 fully saturated rings. The first kappa shape index (κ1) is 11.8. The van der Waals surface area contributed by atoms with E-state index in [1.165, 1.54) is 6.07 Å². The van der Waals surface area contributed by atoms with Gasteiger partial charge >= 0.3 is 0 Å². The summed E-state index contributed by atoms with van der Waals surface area (Å²) in [4.78, 5) is 0. The van der Waals surface area contributed by atoms with E-state index in [-0.39, 0.29) is 0 Å². The third-order valence-corrected chi connectivity index (χ3v) is 2.67. The molecule has 4 heteroatoms. The van der Waals surface area contributed by atoms with Crippen LogP contribution in [-0.4, -0.2) is 4.57 Å². The quantitative estimate of drug-likeness (QED) is 0.863. The zero-order valence-electron chi connectivity index (χ0n) is 9.58. The number of halogens is 2. The molecule has 2 aromatic rings. The first-order chi connectivity index (χ1) is 8.16. The monoisotopic (exact) mass is 236 g/mol. The number of benzene rings is 1. The molecule has 0 unspecified atom stereocenters. The summed E-state index contributed by atoms with van der Waals surface area (Å²) in [6.45, 7) is 1.21. The van der Waals surface area contributed by atoms with Crippen molar-refractivity contribution in [3.63, 3.8) is 0 Å². The summed E-state index contributed by atoms with van der Waals surface area (Å²) < 4.78 is 27.6. The van der Waals surface area contributed by atoms with Crippen molar-refractivity contribution in [3.8, 4) is 0 Å². The number of hydrogen-bond donors (Lipinski definition) is 1. The second-order valence-corrected chi connectivity index (χ2v) is 3.96. The summed E-state index contributed by atoms with van der Waals surface area (Å²) in [5.41, 5.74) is 1.88. The highest BCUT2D eigenvalue weighted by Gasteiger charge is 2.02. The maximum Gasteiger partial charge on any atom is 0.159 e. The minimum Gasteiger partial charge on any atom is -0.353 e. The molecule has 0 saturated heterocycles. The smallest absolute Gasteiger partial charge is 0.159 e. The lowest BCUT2D eigenvalue weighted by atomic mass is 10.2. The van der Waals surface area contributed by atoms with Crippen LogP contribution in [0, 0.1) is 11.6 Å². The molecule has 17 heavy (non-hydrogen) atoms. The van der Waals surface area contributed by atoms with Gasteiger partial charge in [0.05, 0.1) is 0 Å². The van der Waals surface area contributed by atoms with Crippen LogP contribution in [0.5, 0.6) is 0 Å². The number of hydrogen-bond acceptors (Lipinski definition) is 1. The van der Waals surface area contributed by atoms with Crippen LogP contribution in [0.15, 0.2) is 36.5 Å². The molecule has 0 saturated carbocycles. The van der Waals surface area contributed by atoms with E-state index in [4.69, 9.17) is 0 Å². The molecule has 0 spiro atoms. The topological polar surface area (TPSA) is 17.0 Å². The molecule has 0 aliphatic carbocycles. The lowest BCUT2D eigenvalue weighted by Gasteiger charge is -2.06. The lowest BCUT2D eigenvalue weighted by molar-refractivity contribution is 0.506. The normalized spacial score (nSPS) is 10.8. The van der Waals surface area contributed by atoms with Gasteiger partial charge in [0.2, 0.25) is 0 Å². The van der Waals surface area contributed by atoms with E-state index in [9.17, 15) is 8.78 Å². The molecule has 2 rings (SSSR count). The Balaban J connectivity index is 1.90. The number of nitrogens with one attached hydrogen (secondary N) is 1. The first-order valence-electron chi connectivity index (χ1n) is 5.41. The van der Waals surface area contributed by atoms with Crippen LogP contribution in [0.1, 0.15) is 11.3 Å². The van der Waals surface area contributed by atoms with E-state index in [0.717, 1.165) is 17.3 Å². The standard InChI is InChI=1S/C13H14F2N2/c1-17-6-2-3-11(17)9-16-8-10-4-5-12(14)13(15)7-10/h2-7,16H,8-9H2,1H3. The van der Waals surface area contributed by atoms with Gasteiger partial charge in [-0.3, -0.25) is 0 Å². The molecule has 0 aliphatic rings. The molecule has 90 valence electrons. The summed E-state index contributed by atoms with van der Waals surface area (Å²) in [7, 11) is 1.97. The Labute approximate surface area is 98.9 Å². The van der Waals surface area contributed by atoms with E-state index < -0.39 is 11.6 Å². The van der Waals surface area contributed by atoms with Crippen molar-refractivity contribution in [1.82, 2.24) is 9.88 Å². The van der Waals surface area contributed by atoms with Crippen LogP contribution in [0.3, 0.4) is 0 Å². The highest BCUT2D eigenvalue weighted by molar-refractivity contribution is 5.17. The van der Waals surface area contributed by atoms with Gasteiger partial charge in [-0.1, -0.05) is 6.07 Å². The summed E-state index contributed by atoms with van der Waals surface area (Å²) in [6.07, 6.45) is 1.97. The van der Waals surface area contributed by atoms with Gasteiger partial charge < -0.3 is 9.88 Å². The van der Waals surface area contributed by atoms with E-state index >= 15 is 0 Å². The van der Waals surface area contributed by atoms with Crippen LogP contribution < -0.4 is 5.32 Å². The first-order valence-corrected chi connectivity index (χ1v) is 5.41. The van der Waals surface area contributed by atoms with Crippen LogP contribution >= 0.6 is 0 Å². The lowest BCUT2D eigenvalue weighted by Crippen LogP contribution is -2.14. The van der Waals surface area contributed by atoms with Gasteiger partial charge in [0, 0.05) is 32.0 Å². The molecule has 0 radical (unpaired) electrons. The van der Waals surface area contributed by atoms with Gasteiger partial charge in [-0.2, -0.15) is 0 Å². The fraction of sp³-hybridized carbons (Fsp3) is 0.231. The van der Waals surface area contributed by atoms with Crippen molar-refractivity contribution in [2.45, 2.75) is 13.1 Å². The Morgan fingerprint density at radius 2 is 1.94 bits per heavy atom. The van der Waals surface area contributed by atoms with Crippen LogP contribution in [-0.2, 0) is 20.1 Å². The largest absolute Gasteiger partial charge is 0.353 e. The Morgan fingerprint density at radius 3 is 2.59 bits per heavy atom. The minimum atomic E-state index is -0.809. The second-order valence-electron chi connectivity index (χ2n) is 3.96. The fourth-order valence-corrected chi connectivity index (χ4v) is 1.66. The number of aryl methyl sites for hydroxylation is 1. The van der Waals surface area contributed by atoms with Gasteiger partial charge in [0.1, 0.15) is 0 Å². The Hall–Kier alpha value is -1.68. The molecule has 0 amide bonds. The Kier molecular flexibility index (Phi) is 3.54. The van der Waals surface area contributed by atoms with Gasteiger partial charge in [-0.05, 0) is 29.8 Å². The zero-order chi connectivity index (χ0) is 12.3. The predicted molar refractivity (Wildman–Crippen MR) is 62.3 cm³/mol. The predicted octanol–water partition coefficient (Wildman–Crippen LogP) is 2.59. The third kappa shape index (κ3) is 2.91. The molecule has 1 aromatic carbocycles. The SMILES string of the molecule is Cn1cccc1CNCc1ccc(F)c(F)c1. The maximum absolute atomic E-state index is 12.9. The summed E-state index contributed by atoms with van der Waals surface area (Å²) in [5, 5.41) is 3.18. The zero-order valence-corrected chi connectivity index (χ0v) is 9.58. The van der Waals surface area contributed by atoms with E-state index in [1.54, 1.807) is 6.07 Å². The molecule has 0 aliphatic heterocycles. The van der Waals surface area contributed by atoms with Crippen molar-refractivity contribution in [2.24, 2.45) is 7.05 Å². The fourth-order valence-electron chi connectivity index (χ4n) is 1.66. The second kappa shape index (κ2) is 5.10. The van der Waals surface area contributed by atoms with E-state index in [0.29, 0.717) is 13.1 Å².